The van der Waals surface area contributed by atoms with Gasteiger partial charge in [-0.15, -0.1) is 0 Å². The van der Waals surface area contributed by atoms with Gasteiger partial charge < -0.3 is 10.1 Å². The zero-order valence-electron chi connectivity index (χ0n) is 9.71. The molecule has 0 fully saturated rings. The van der Waals surface area contributed by atoms with Gasteiger partial charge in [0.15, 0.2) is 0 Å². The van der Waals surface area contributed by atoms with Crippen LogP contribution in [-0.2, 0) is 9.53 Å². The first-order valence-corrected chi connectivity index (χ1v) is 5.88. The molecule has 0 aliphatic rings. The Labute approximate surface area is 104 Å². The predicted molar refractivity (Wildman–Crippen MR) is 68.5 cm³/mol. The number of benzene rings is 1. The van der Waals surface area contributed by atoms with Crippen molar-refractivity contribution >= 4 is 27.6 Å². The number of anilines is 1. The third-order valence-electron chi connectivity index (χ3n) is 1.72. The molecule has 0 bridgehead atoms. The van der Waals surface area contributed by atoms with E-state index in [4.69, 9.17) is 4.74 Å². The zero-order valence-corrected chi connectivity index (χ0v) is 11.3. The smallest absolute Gasteiger partial charge is 0.325 e. The number of carbonyl (C=O) groups excluding carboxylic acids is 1. The predicted octanol–water partition coefficient (Wildman–Crippen LogP) is 3.20. The molecule has 1 rings (SSSR count). The van der Waals surface area contributed by atoms with Crippen LogP contribution in [0.5, 0.6) is 0 Å². The van der Waals surface area contributed by atoms with Crippen LogP contribution in [-0.4, -0.2) is 18.1 Å². The second-order valence-electron chi connectivity index (χ2n) is 4.42. The Kier molecular flexibility index (Phi) is 4.35. The SMILES string of the molecule is CC(C)(C)OC(=O)CNc1ccccc1Br. The van der Waals surface area contributed by atoms with Gasteiger partial charge in [0.1, 0.15) is 12.1 Å². The van der Waals surface area contributed by atoms with Crippen molar-refractivity contribution in [3.8, 4) is 0 Å². The number of nitrogens with one attached hydrogen (secondary N) is 1. The Bertz CT molecular complexity index is 372. The molecule has 0 saturated carbocycles. The fourth-order valence-corrected chi connectivity index (χ4v) is 1.57. The molecule has 16 heavy (non-hydrogen) atoms. The maximum Gasteiger partial charge on any atom is 0.325 e. The minimum atomic E-state index is -0.438. The highest BCUT2D eigenvalue weighted by Gasteiger charge is 2.15. The Morgan fingerprint density at radius 1 is 1.38 bits per heavy atom. The van der Waals surface area contributed by atoms with Gasteiger partial charge in [-0.25, -0.2) is 0 Å². The highest BCUT2D eigenvalue weighted by molar-refractivity contribution is 9.10. The fraction of sp³-hybridized carbons (Fsp3) is 0.417. The van der Waals surface area contributed by atoms with Crippen molar-refractivity contribution in [3.05, 3.63) is 28.7 Å². The van der Waals surface area contributed by atoms with Crippen LogP contribution in [0.25, 0.3) is 0 Å². The van der Waals surface area contributed by atoms with Gasteiger partial charge in [0, 0.05) is 10.2 Å². The molecule has 4 heteroatoms. The highest BCUT2D eigenvalue weighted by atomic mass is 79.9. The summed E-state index contributed by atoms with van der Waals surface area (Å²) in [4.78, 5) is 11.4. The summed E-state index contributed by atoms with van der Waals surface area (Å²) in [5, 5.41) is 3.01. The van der Waals surface area contributed by atoms with E-state index in [2.05, 4.69) is 21.2 Å². The molecule has 0 spiro atoms. The van der Waals surface area contributed by atoms with Gasteiger partial charge in [0.25, 0.3) is 0 Å². The number of ether oxygens (including phenoxy) is 1. The lowest BCUT2D eigenvalue weighted by molar-refractivity contribution is -0.152. The first-order chi connectivity index (χ1) is 7.38. The van der Waals surface area contributed by atoms with E-state index in [9.17, 15) is 4.79 Å². The minimum Gasteiger partial charge on any atom is -0.459 e. The molecular formula is C12H16BrNO2. The van der Waals surface area contributed by atoms with E-state index in [-0.39, 0.29) is 12.5 Å². The van der Waals surface area contributed by atoms with Gasteiger partial charge in [-0.2, -0.15) is 0 Å². The molecule has 0 heterocycles. The zero-order chi connectivity index (χ0) is 12.2. The molecule has 0 aromatic heterocycles. The van der Waals surface area contributed by atoms with E-state index in [0.717, 1.165) is 10.2 Å². The maximum absolute atomic E-state index is 11.4. The molecule has 0 unspecified atom stereocenters. The molecule has 1 aromatic rings. The second kappa shape index (κ2) is 5.34. The van der Waals surface area contributed by atoms with Gasteiger partial charge in [0.2, 0.25) is 0 Å². The van der Waals surface area contributed by atoms with Gasteiger partial charge >= 0.3 is 5.97 Å². The van der Waals surface area contributed by atoms with Crippen molar-refractivity contribution in [2.24, 2.45) is 0 Å². The third-order valence-corrected chi connectivity index (χ3v) is 2.41. The van der Waals surface area contributed by atoms with E-state index < -0.39 is 5.60 Å². The number of hydrogen-bond acceptors (Lipinski definition) is 3. The number of para-hydroxylation sites is 1. The molecule has 1 aromatic carbocycles. The van der Waals surface area contributed by atoms with Crippen molar-refractivity contribution in [1.29, 1.82) is 0 Å². The third kappa shape index (κ3) is 4.66. The molecular weight excluding hydrogens is 270 g/mol. The van der Waals surface area contributed by atoms with E-state index in [1.807, 2.05) is 45.0 Å². The van der Waals surface area contributed by atoms with Crippen LogP contribution in [0.4, 0.5) is 5.69 Å². The first kappa shape index (κ1) is 13.0. The normalized spacial score (nSPS) is 11.0. The van der Waals surface area contributed by atoms with E-state index in [1.165, 1.54) is 0 Å². The van der Waals surface area contributed by atoms with Crippen LogP contribution >= 0.6 is 15.9 Å². The van der Waals surface area contributed by atoms with Crippen LogP contribution in [0, 0.1) is 0 Å². The molecule has 0 aliphatic carbocycles. The summed E-state index contributed by atoms with van der Waals surface area (Å²) in [6.45, 7) is 5.72. The largest absolute Gasteiger partial charge is 0.459 e. The monoisotopic (exact) mass is 285 g/mol. The first-order valence-electron chi connectivity index (χ1n) is 5.09. The van der Waals surface area contributed by atoms with Crippen molar-refractivity contribution in [2.45, 2.75) is 26.4 Å². The standard InChI is InChI=1S/C12H16BrNO2/c1-12(2,3)16-11(15)8-14-10-7-5-4-6-9(10)13/h4-7,14H,8H2,1-3H3. The van der Waals surface area contributed by atoms with Crippen LogP contribution in [0.15, 0.2) is 28.7 Å². The Balaban J connectivity index is 2.47. The molecule has 0 saturated heterocycles. The van der Waals surface area contributed by atoms with Gasteiger partial charge in [0.05, 0.1) is 0 Å². The van der Waals surface area contributed by atoms with Crippen LogP contribution in [0.1, 0.15) is 20.8 Å². The number of rotatable bonds is 3. The second-order valence-corrected chi connectivity index (χ2v) is 5.27. The molecule has 3 nitrogen and oxygen atoms in total. The average Bonchev–Trinajstić information content (AvgIpc) is 2.14. The summed E-state index contributed by atoms with van der Waals surface area (Å²) in [7, 11) is 0. The fourth-order valence-electron chi connectivity index (χ4n) is 1.15. The Morgan fingerprint density at radius 2 is 2.00 bits per heavy atom. The summed E-state index contributed by atoms with van der Waals surface area (Å²) in [6.07, 6.45) is 0. The summed E-state index contributed by atoms with van der Waals surface area (Å²) < 4.78 is 6.11. The van der Waals surface area contributed by atoms with E-state index in [0.29, 0.717) is 0 Å². The summed E-state index contributed by atoms with van der Waals surface area (Å²) in [5.41, 5.74) is 0.445. The van der Waals surface area contributed by atoms with Crippen molar-refractivity contribution < 1.29 is 9.53 Å². The number of carbonyl (C=O) groups is 1. The lowest BCUT2D eigenvalue weighted by Gasteiger charge is -2.19. The van der Waals surface area contributed by atoms with Gasteiger partial charge in [-0.3, -0.25) is 4.79 Å². The summed E-state index contributed by atoms with van der Waals surface area (Å²) in [5.74, 6) is -0.261. The Morgan fingerprint density at radius 3 is 2.56 bits per heavy atom. The van der Waals surface area contributed by atoms with Crippen LogP contribution in [0.3, 0.4) is 0 Å². The highest BCUT2D eigenvalue weighted by Crippen LogP contribution is 2.20. The van der Waals surface area contributed by atoms with Crippen LogP contribution in [0.2, 0.25) is 0 Å². The molecule has 88 valence electrons. The van der Waals surface area contributed by atoms with Crippen LogP contribution < -0.4 is 5.32 Å². The maximum atomic E-state index is 11.4. The van der Waals surface area contributed by atoms with Gasteiger partial charge in [-0.1, -0.05) is 12.1 Å². The van der Waals surface area contributed by atoms with Crippen molar-refractivity contribution in [3.63, 3.8) is 0 Å². The average molecular weight is 286 g/mol. The summed E-state index contributed by atoms with van der Waals surface area (Å²) in [6, 6.07) is 7.64. The molecule has 1 N–H and O–H groups in total. The minimum absolute atomic E-state index is 0.167. The molecule has 0 amide bonds. The van der Waals surface area contributed by atoms with Crippen molar-refractivity contribution in [2.75, 3.05) is 11.9 Å². The number of hydrogen-bond donors (Lipinski definition) is 1. The quantitative estimate of drug-likeness (QED) is 0.867. The molecule has 0 aliphatic heterocycles. The number of esters is 1. The van der Waals surface area contributed by atoms with Gasteiger partial charge in [-0.05, 0) is 48.8 Å². The lowest BCUT2D eigenvalue weighted by atomic mass is 10.2. The van der Waals surface area contributed by atoms with Crippen molar-refractivity contribution in [1.82, 2.24) is 0 Å². The Hall–Kier alpha value is -1.03. The van der Waals surface area contributed by atoms with E-state index in [1.54, 1.807) is 0 Å². The molecule has 0 radical (unpaired) electrons. The lowest BCUT2D eigenvalue weighted by Crippen LogP contribution is -2.28. The van der Waals surface area contributed by atoms with E-state index >= 15 is 0 Å². The number of halogens is 1. The summed E-state index contributed by atoms with van der Waals surface area (Å²) >= 11 is 3.39. The molecule has 0 atom stereocenters. The topological polar surface area (TPSA) is 38.3 Å².